The number of rotatable bonds is 5. The molecule has 0 unspecified atom stereocenters. The predicted octanol–water partition coefficient (Wildman–Crippen LogP) is 1.72. The van der Waals surface area contributed by atoms with Crippen molar-refractivity contribution in [2.75, 3.05) is 11.9 Å². The quantitative estimate of drug-likeness (QED) is 0.748. The SMILES string of the molecule is NCCCC(=O)Nc1ccc(C(=O)O)cc1Cl. The molecule has 17 heavy (non-hydrogen) atoms. The van der Waals surface area contributed by atoms with E-state index < -0.39 is 5.97 Å². The largest absolute Gasteiger partial charge is 0.478 e. The van der Waals surface area contributed by atoms with E-state index in [2.05, 4.69) is 5.32 Å². The van der Waals surface area contributed by atoms with E-state index >= 15 is 0 Å². The van der Waals surface area contributed by atoms with Crippen LogP contribution < -0.4 is 11.1 Å². The second-order valence-electron chi connectivity index (χ2n) is 3.44. The fourth-order valence-electron chi connectivity index (χ4n) is 1.22. The molecule has 92 valence electrons. The first-order valence-electron chi connectivity index (χ1n) is 5.07. The number of nitrogens with one attached hydrogen (secondary N) is 1. The smallest absolute Gasteiger partial charge is 0.335 e. The summed E-state index contributed by atoms with van der Waals surface area (Å²) in [5, 5.41) is 11.5. The summed E-state index contributed by atoms with van der Waals surface area (Å²) in [6.45, 7) is 0.444. The summed E-state index contributed by atoms with van der Waals surface area (Å²) in [4.78, 5) is 22.1. The molecule has 0 aliphatic carbocycles. The van der Waals surface area contributed by atoms with Crippen molar-refractivity contribution in [3.05, 3.63) is 28.8 Å². The predicted molar refractivity (Wildman–Crippen MR) is 65.3 cm³/mol. The van der Waals surface area contributed by atoms with Gasteiger partial charge < -0.3 is 16.2 Å². The van der Waals surface area contributed by atoms with Crippen molar-refractivity contribution in [2.45, 2.75) is 12.8 Å². The molecular weight excluding hydrogens is 244 g/mol. The number of amides is 1. The number of hydrogen-bond donors (Lipinski definition) is 3. The fraction of sp³-hybridized carbons (Fsp3) is 0.273. The van der Waals surface area contributed by atoms with Crippen molar-refractivity contribution < 1.29 is 14.7 Å². The maximum atomic E-state index is 11.4. The van der Waals surface area contributed by atoms with E-state index in [9.17, 15) is 9.59 Å². The normalized spacial score (nSPS) is 10.0. The van der Waals surface area contributed by atoms with E-state index in [1.807, 2.05) is 0 Å². The van der Waals surface area contributed by atoms with Crippen molar-refractivity contribution in [2.24, 2.45) is 5.73 Å². The van der Waals surface area contributed by atoms with Crippen LogP contribution in [0.2, 0.25) is 5.02 Å². The maximum absolute atomic E-state index is 11.4. The van der Waals surface area contributed by atoms with Crippen molar-refractivity contribution in [3.8, 4) is 0 Å². The molecule has 0 aliphatic heterocycles. The monoisotopic (exact) mass is 256 g/mol. The molecule has 0 spiro atoms. The van der Waals surface area contributed by atoms with Crippen LogP contribution in [0.5, 0.6) is 0 Å². The van der Waals surface area contributed by atoms with Gasteiger partial charge in [0.25, 0.3) is 0 Å². The molecule has 0 heterocycles. The molecule has 0 radical (unpaired) electrons. The lowest BCUT2D eigenvalue weighted by Gasteiger charge is -2.07. The lowest BCUT2D eigenvalue weighted by atomic mass is 10.2. The molecule has 1 amide bonds. The van der Waals surface area contributed by atoms with Gasteiger partial charge in [0.05, 0.1) is 16.3 Å². The molecule has 0 saturated heterocycles. The highest BCUT2D eigenvalue weighted by molar-refractivity contribution is 6.34. The summed E-state index contributed by atoms with van der Waals surface area (Å²) in [5.74, 6) is -1.26. The minimum Gasteiger partial charge on any atom is -0.478 e. The Bertz CT molecular complexity index is 435. The average Bonchev–Trinajstić information content (AvgIpc) is 2.28. The number of carbonyl (C=O) groups is 2. The standard InChI is InChI=1S/C11H13ClN2O3/c12-8-6-7(11(16)17)3-4-9(8)14-10(15)2-1-5-13/h3-4,6H,1-2,5,13H2,(H,14,15)(H,16,17). The second kappa shape index (κ2) is 6.22. The van der Waals surface area contributed by atoms with Gasteiger partial charge in [0, 0.05) is 6.42 Å². The minimum atomic E-state index is -1.06. The van der Waals surface area contributed by atoms with Gasteiger partial charge in [0.15, 0.2) is 0 Å². The van der Waals surface area contributed by atoms with Crippen molar-refractivity contribution in [3.63, 3.8) is 0 Å². The molecule has 0 aliphatic rings. The lowest BCUT2D eigenvalue weighted by molar-refractivity contribution is -0.116. The summed E-state index contributed by atoms with van der Waals surface area (Å²) < 4.78 is 0. The van der Waals surface area contributed by atoms with Gasteiger partial charge in [-0.1, -0.05) is 11.6 Å². The number of anilines is 1. The third-order valence-corrected chi connectivity index (χ3v) is 2.41. The molecule has 4 N–H and O–H groups in total. The molecule has 0 saturated carbocycles. The molecule has 1 aromatic rings. The van der Waals surface area contributed by atoms with Gasteiger partial charge >= 0.3 is 5.97 Å². The Balaban J connectivity index is 2.72. The third-order valence-electron chi connectivity index (χ3n) is 2.10. The highest BCUT2D eigenvalue weighted by Crippen LogP contribution is 2.23. The first-order chi connectivity index (χ1) is 8.04. The zero-order chi connectivity index (χ0) is 12.8. The van der Waals surface area contributed by atoms with Gasteiger partial charge in [-0.25, -0.2) is 4.79 Å². The van der Waals surface area contributed by atoms with Crippen LogP contribution in [0.25, 0.3) is 0 Å². The van der Waals surface area contributed by atoms with Crippen LogP contribution in [-0.4, -0.2) is 23.5 Å². The highest BCUT2D eigenvalue weighted by atomic mass is 35.5. The van der Waals surface area contributed by atoms with Crippen LogP contribution >= 0.6 is 11.6 Å². The van der Waals surface area contributed by atoms with Crippen molar-refractivity contribution in [1.82, 2.24) is 0 Å². The van der Waals surface area contributed by atoms with E-state index in [0.717, 1.165) is 0 Å². The second-order valence-corrected chi connectivity index (χ2v) is 3.85. The first-order valence-corrected chi connectivity index (χ1v) is 5.45. The fourth-order valence-corrected chi connectivity index (χ4v) is 1.45. The number of halogens is 1. The Labute approximate surface area is 104 Å². The number of nitrogens with two attached hydrogens (primary N) is 1. The Kier molecular flexibility index (Phi) is 4.93. The van der Waals surface area contributed by atoms with Gasteiger partial charge in [-0.2, -0.15) is 0 Å². The van der Waals surface area contributed by atoms with Crippen molar-refractivity contribution in [1.29, 1.82) is 0 Å². The molecule has 0 fully saturated rings. The van der Waals surface area contributed by atoms with E-state index in [-0.39, 0.29) is 16.5 Å². The molecule has 5 nitrogen and oxygen atoms in total. The van der Waals surface area contributed by atoms with E-state index in [1.54, 1.807) is 0 Å². The summed E-state index contributed by atoms with van der Waals surface area (Å²) in [7, 11) is 0. The van der Waals surface area contributed by atoms with E-state index in [4.69, 9.17) is 22.4 Å². The van der Waals surface area contributed by atoms with Crippen LogP contribution in [0.4, 0.5) is 5.69 Å². The summed E-state index contributed by atoms with van der Waals surface area (Å²) in [6, 6.07) is 4.14. The summed E-state index contributed by atoms with van der Waals surface area (Å²) >= 11 is 5.85. The van der Waals surface area contributed by atoms with Crippen LogP contribution in [-0.2, 0) is 4.79 Å². The molecule has 0 bridgehead atoms. The van der Waals surface area contributed by atoms with Crippen LogP contribution in [0.3, 0.4) is 0 Å². The molecule has 1 aromatic carbocycles. The molecular formula is C11H13ClN2O3. The van der Waals surface area contributed by atoms with Gasteiger partial charge in [0.2, 0.25) is 5.91 Å². The van der Waals surface area contributed by atoms with Gasteiger partial charge in [-0.3, -0.25) is 4.79 Å². The van der Waals surface area contributed by atoms with Crippen LogP contribution in [0.15, 0.2) is 18.2 Å². The lowest BCUT2D eigenvalue weighted by Crippen LogP contribution is -2.13. The maximum Gasteiger partial charge on any atom is 0.335 e. The Hall–Kier alpha value is -1.59. The zero-order valence-electron chi connectivity index (χ0n) is 9.07. The number of carbonyl (C=O) groups excluding carboxylic acids is 1. The number of hydrogen-bond acceptors (Lipinski definition) is 3. The zero-order valence-corrected chi connectivity index (χ0v) is 9.83. The first kappa shape index (κ1) is 13.5. The van der Waals surface area contributed by atoms with E-state index in [0.29, 0.717) is 25.1 Å². The number of benzene rings is 1. The minimum absolute atomic E-state index is 0.0787. The van der Waals surface area contributed by atoms with Gasteiger partial charge in [-0.15, -0.1) is 0 Å². The Morgan fingerprint density at radius 3 is 2.65 bits per heavy atom. The molecule has 1 rings (SSSR count). The Morgan fingerprint density at radius 2 is 2.12 bits per heavy atom. The molecule has 0 aromatic heterocycles. The van der Waals surface area contributed by atoms with Gasteiger partial charge in [0.1, 0.15) is 0 Å². The topological polar surface area (TPSA) is 92.4 Å². The summed E-state index contributed by atoms with van der Waals surface area (Å²) in [6.07, 6.45) is 0.907. The highest BCUT2D eigenvalue weighted by Gasteiger charge is 2.09. The van der Waals surface area contributed by atoms with Crippen LogP contribution in [0.1, 0.15) is 23.2 Å². The number of carboxylic acid groups (broad SMARTS) is 1. The van der Waals surface area contributed by atoms with Crippen LogP contribution in [0, 0.1) is 0 Å². The van der Waals surface area contributed by atoms with Gasteiger partial charge in [-0.05, 0) is 31.2 Å². The number of carboxylic acids is 1. The van der Waals surface area contributed by atoms with Crippen molar-refractivity contribution >= 4 is 29.2 Å². The average molecular weight is 257 g/mol. The van der Waals surface area contributed by atoms with E-state index in [1.165, 1.54) is 18.2 Å². The summed E-state index contributed by atoms with van der Waals surface area (Å²) in [5.41, 5.74) is 5.76. The third kappa shape index (κ3) is 4.05. The number of aromatic carboxylic acids is 1. The molecule has 0 atom stereocenters. The Morgan fingerprint density at radius 1 is 1.41 bits per heavy atom. The molecule has 6 heteroatoms.